The van der Waals surface area contributed by atoms with E-state index in [1.165, 1.54) is 0 Å². The molecule has 1 aromatic heterocycles. The van der Waals surface area contributed by atoms with Gasteiger partial charge in [0.2, 0.25) is 0 Å². The Morgan fingerprint density at radius 2 is 2.25 bits per heavy atom. The van der Waals surface area contributed by atoms with Crippen LogP contribution in [0.2, 0.25) is 5.02 Å². The van der Waals surface area contributed by atoms with Crippen molar-refractivity contribution in [3.8, 4) is 5.75 Å². The lowest BCUT2D eigenvalue weighted by atomic mass is 10.2. The predicted octanol–water partition coefficient (Wildman–Crippen LogP) is 2.60. The highest BCUT2D eigenvalue weighted by atomic mass is 35.5. The maximum absolute atomic E-state index is 6.11. The predicted molar refractivity (Wildman–Crippen MR) is 79.5 cm³/mol. The van der Waals surface area contributed by atoms with Gasteiger partial charge in [-0.1, -0.05) is 11.6 Å². The lowest BCUT2D eigenvalue weighted by molar-refractivity contribution is -0.0582. The van der Waals surface area contributed by atoms with Gasteiger partial charge in [-0.25, -0.2) is 0 Å². The van der Waals surface area contributed by atoms with Gasteiger partial charge in [0.05, 0.1) is 29.8 Å². The van der Waals surface area contributed by atoms with Gasteiger partial charge in [-0.05, 0) is 25.2 Å². The second-order valence-electron chi connectivity index (χ2n) is 4.99. The molecule has 2 aromatic rings. The maximum atomic E-state index is 6.11. The van der Waals surface area contributed by atoms with E-state index in [0.29, 0.717) is 17.7 Å². The number of hydrogen-bond acceptors (Lipinski definition) is 4. The van der Waals surface area contributed by atoms with Crippen LogP contribution < -0.4 is 4.74 Å². The summed E-state index contributed by atoms with van der Waals surface area (Å²) in [4.78, 5) is 6.57. The molecule has 1 aliphatic heterocycles. The molecule has 106 valence electrons. The zero-order valence-corrected chi connectivity index (χ0v) is 12.1. The molecule has 0 amide bonds. The van der Waals surface area contributed by atoms with Crippen molar-refractivity contribution in [2.75, 3.05) is 33.4 Å². The minimum Gasteiger partial charge on any atom is -0.492 e. The minimum atomic E-state index is 0.538. The van der Waals surface area contributed by atoms with Crippen LogP contribution in [0, 0.1) is 0 Å². The first-order chi connectivity index (χ1) is 9.74. The average Bonchev–Trinajstić information content (AvgIpc) is 2.37. The third-order valence-electron chi connectivity index (χ3n) is 3.62. The highest BCUT2D eigenvalue weighted by molar-refractivity contribution is 6.35. The second kappa shape index (κ2) is 5.95. The Balaban J connectivity index is 1.60. The van der Waals surface area contributed by atoms with Gasteiger partial charge in [0.25, 0.3) is 0 Å². The van der Waals surface area contributed by atoms with Crippen LogP contribution in [0.25, 0.3) is 10.9 Å². The fourth-order valence-electron chi connectivity index (χ4n) is 2.15. The van der Waals surface area contributed by atoms with Crippen LogP contribution in [0.4, 0.5) is 0 Å². The molecule has 1 aromatic carbocycles. The van der Waals surface area contributed by atoms with Crippen molar-refractivity contribution < 1.29 is 9.47 Å². The second-order valence-corrected chi connectivity index (χ2v) is 5.40. The molecular weight excluding hydrogens is 276 g/mol. The number of hydrogen-bond donors (Lipinski definition) is 0. The smallest absolute Gasteiger partial charge is 0.121 e. The van der Waals surface area contributed by atoms with Crippen LogP contribution in [0.1, 0.15) is 0 Å². The van der Waals surface area contributed by atoms with E-state index in [9.17, 15) is 0 Å². The van der Waals surface area contributed by atoms with Gasteiger partial charge in [0.1, 0.15) is 12.4 Å². The fraction of sp³-hybridized carbons (Fsp3) is 0.400. The van der Waals surface area contributed by atoms with Crippen molar-refractivity contribution in [3.05, 3.63) is 35.5 Å². The molecule has 0 N–H and O–H groups in total. The molecule has 0 bridgehead atoms. The van der Waals surface area contributed by atoms with Crippen molar-refractivity contribution in [2.45, 2.75) is 6.04 Å². The van der Waals surface area contributed by atoms with E-state index in [1.807, 2.05) is 18.2 Å². The molecule has 0 atom stereocenters. The van der Waals surface area contributed by atoms with Gasteiger partial charge in [-0.2, -0.15) is 0 Å². The zero-order chi connectivity index (χ0) is 13.9. The Morgan fingerprint density at radius 3 is 3.00 bits per heavy atom. The van der Waals surface area contributed by atoms with Crippen molar-refractivity contribution in [1.82, 2.24) is 9.88 Å². The molecule has 5 heteroatoms. The van der Waals surface area contributed by atoms with E-state index in [4.69, 9.17) is 21.1 Å². The SMILES string of the molecule is CN(CCOc1ccc2c(Cl)ccnc2c1)C1COC1. The molecule has 4 nitrogen and oxygen atoms in total. The van der Waals surface area contributed by atoms with Crippen LogP contribution in [0.15, 0.2) is 30.5 Å². The highest BCUT2D eigenvalue weighted by Crippen LogP contribution is 2.25. The number of halogens is 1. The minimum absolute atomic E-state index is 0.538. The summed E-state index contributed by atoms with van der Waals surface area (Å²) in [5.74, 6) is 0.825. The van der Waals surface area contributed by atoms with Crippen LogP contribution >= 0.6 is 11.6 Å². The Morgan fingerprint density at radius 1 is 1.40 bits per heavy atom. The number of pyridine rings is 1. The van der Waals surface area contributed by atoms with Crippen molar-refractivity contribution in [2.24, 2.45) is 0 Å². The van der Waals surface area contributed by atoms with Crippen molar-refractivity contribution >= 4 is 22.5 Å². The highest BCUT2D eigenvalue weighted by Gasteiger charge is 2.22. The summed E-state index contributed by atoms with van der Waals surface area (Å²) in [6.07, 6.45) is 1.71. The summed E-state index contributed by atoms with van der Waals surface area (Å²) >= 11 is 6.11. The average molecular weight is 293 g/mol. The molecule has 0 unspecified atom stereocenters. The first-order valence-corrected chi connectivity index (χ1v) is 7.07. The van der Waals surface area contributed by atoms with Crippen LogP contribution in [0.5, 0.6) is 5.75 Å². The normalized spacial score (nSPS) is 15.6. The number of benzene rings is 1. The number of aromatic nitrogens is 1. The standard InChI is InChI=1S/C15H17ClN2O2/c1-18(11-9-19-10-11)6-7-20-12-2-3-13-14(16)4-5-17-15(13)8-12/h2-5,8,11H,6-7,9-10H2,1H3. The molecule has 20 heavy (non-hydrogen) atoms. The summed E-state index contributed by atoms with van der Waals surface area (Å²) < 4.78 is 11.0. The largest absolute Gasteiger partial charge is 0.492 e. The lowest BCUT2D eigenvalue weighted by Crippen LogP contribution is -2.48. The lowest BCUT2D eigenvalue weighted by Gasteiger charge is -2.34. The Bertz CT molecular complexity index is 601. The van der Waals surface area contributed by atoms with Gasteiger partial charge in [-0.3, -0.25) is 9.88 Å². The Hall–Kier alpha value is -1.36. The monoisotopic (exact) mass is 292 g/mol. The first-order valence-electron chi connectivity index (χ1n) is 6.69. The molecule has 2 heterocycles. The molecule has 1 aliphatic rings. The number of ether oxygens (including phenoxy) is 2. The zero-order valence-electron chi connectivity index (χ0n) is 11.4. The van der Waals surface area contributed by atoms with Gasteiger partial charge >= 0.3 is 0 Å². The molecule has 1 fully saturated rings. The topological polar surface area (TPSA) is 34.6 Å². The van der Waals surface area contributed by atoms with Crippen molar-refractivity contribution in [3.63, 3.8) is 0 Å². The van der Waals surface area contributed by atoms with E-state index in [-0.39, 0.29) is 0 Å². The third kappa shape index (κ3) is 2.87. The summed E-state index contributed by atoms with van der Waals surface area (Å²) in [6, 6.07) is 8.13. The molecule has 3 rings (SSSR count). The van der Waals surface area contributed by atoms with Crippen molar-refractivity contribution in [1.29, 1.82) is 0 Å². The van der Waals surface area contributed by atoms with Crippen LogP contribution in [-0.4, -0.2) is 49.3 Å². The van der Waals surface area contributed by atoms with Gasteiger partial charge in [0, 0.05) is 24.2 Å². The van der Waals surface area contributed by atoms with E-state index in [0.717, 1.165) is 36.4 Å². The number of likely N-dealkylation sites (N-methyl/N-ethyl adjacent to an activating group) is 1. The fourth-order valence-corrected chi connectivity index (χ4v) is 2.37. The quantitative estimate of drug-likeness (QED) is 0.848. The number of rotatable bonds is 5. The van der Waals surface area contributed by atoms with E-state index in [2.05, 4.69) is 16.9 Å². The van der Waals surface area contributed by atoms with Crippen LogP contribution in [-0.2, 0) is 4.74 Å². The summed E-state index contributed by atoms with van der Waals surface area (Å²) in [5.41, 5.74) is 0.857. The summed E-state index contributed by atoms with van der Waals surface area (Å²) in [7, 11) is 2.10. The summed E-state index contributed by atoms with van der Waals surface area (Å²) in [5, 5.41) is 1.66. The van der Waals surface area contributed by atoms with Gasteiger partial charge in [0.15, 0.2) is 0 Å². The Labute approximate surface area is 123 Å². The van der Waals surface area contributed by atoms with E-state index >= 15 is 0 Å². The molecular formula is C15H17ClN2O2. The molecule has 0 radical (unpaired) electrons. The Kier molecular flexibility index (Phi) is 4.05. The van der Waals surface area contributed by atoms with Gasteiger partial charge in [-0.15, -0.1) is 0 Å². The summed E-state index contributed by atoms with van der Waals surface area (Å²) in [6.45, 7) is 3.19. The third-order valence-corrected chi connectivity index (χ3v) is 3.95. The number of nitrogens with zero attached hydrogens (tertiary/aromatic N) is 2. The molecule has 0 spiro atoms. The number of fused-ring (bicyclic) bond motifs is 1. The maximum Gasteiger partial charge on any atom is 0.121 e. The van der Waals surface area contributed by atoms with Gasteiger partial charge < -0.3 is 9.47 Å². The molecule has 0 aliphatic carbocycles. The van der Waals surface area contributed by atoms with Crippen LogP contribution in [0.3, 0.4) is 0 Å². The molecule has 0 saturated carbocycles. The molecule has 1 saturated heterocycles. The van der Waals surface area contributed by atoms with E-state index < -0.39 is 0 Å². The first kappa shape index (κ1) is 13.6. The van der Waals surface area contributed by atoms with E-state index in [1.54, 1.807) is 12.3 Å².